The monoisotopic (exact) mass is 248 g/mol. The van der Waals surface area contributed by atoms with Gasteiger partial charge in [0.1, 0.15) is 0 Å². The Morgan fingerprint density at radius 2 is 1.78 bits per heavy atom. The van der Waals surface area contributed by atoms with Crippen LogP contribution >= 0.6 is 0 Å². The maximum Gasteiger partial charge on any atom is 0.223 e. The molecule has 1 rings (SSSR count). The number of hydrogen-bond acceptors (Lipinski definition) is 2. The summed E-state index contributed by atoms with van der Waals surface area (Å²) in [4.78, 5) is 13.3. The molecular formula is C15H24N2O. The van der Waals surface area contributed by atoms with Gasteiger partial charge in [-0.15, -0.1) is 0 Å². The highest BCUT2D eigenvalue weighted by atomic mass is 16.2. The minimum absolute atomic E-state index is 0.101. The Kier molecular flexibility index (Phi) is 5.86. The lowest BCUT2D eigenvalue weighted by molar-refractivity contribution is -0.130. The van der Waals surface area contributed by atoms with Crippen molar-refractivity contribution in [3.63, 3.8) is 0 Å². The van der Waals surface area contributed by atoms with Crippen LogP contribution in [-0.4, -0.2) is 24.4 Å². The van der Waals surface area contributed by atoms with E-state index in [1.807, 2.05) is 7.05 Å². The zero-order valence-corrected chi connectivity index (χ0v) is 11.6. The van der Waals surface area contributed by atoms with Crippen LogP contribution in [-0.2, 0) is 17.8 Å². The highest BCUT2D eigenvalue weighted by Crippen LogP contribution is 2.11. The molecule has 0 aliphatic carbocycles. The third kappa shape index (κ3) is 4.88. The molecule has 0 fully saturated rings. The largest absolute Gasteiger partial charge is 0.341 e. The number of hydrogen-bond donors (Lipinski definition) is 1. The van der Waals surface area contributed by atoms with Gasteiger partial charge < -0.3 is 10.6 Å². The van der Waals surface area contributed by atoms with Gasteiger partial charge in [0, 0.05) is 26.6 Å². The van der Waals surface area contributed by atoms with Gasteiger partial charge in [0.25, 0.3) is 0 Å². The molecule has 100 valence electrons. The van der Waals surface area contributed by atoms with Crippen molar-refractivity contribution in [1.29, 1.82) is 0 Å². The van der Waals surface area contributed by atoms with Gasteiger partial charge in [0.15, 0.2) is 0 Å². The molecule has 1 aromatic carbocycles. The van der Waals surface area contributed by atoms with Crippen LogP contribution in [0.5, 0.6) is 0 Å². The summed E-state index contributed by atoms with van der Waals surface area (Å²) in [6, 6.07) is 8.50. The first-order valence-corrected chi connectivity index (χ1v) is 6.54. The third-order valence-electron chi connectivity index (χ3n) is 2.87. The number of nitrogens with zero attached hydrogens (tertiary/aromatic N) is 1. The van der Waals surface area contributed by atoms with Crippen molar-refractivity contribution in [2.45, 2.75) is 33.2 Å². The van der Waals surface area contributed by atoms with Crippen molar-refractivity contribution in [2.75, 3.05) is 13.6 Å². The van der Waals surface area contributed by atoms with E-state index < -0.39 is 0 Å². The van der Waals surface area contributed by atoms with Crippen LogP contribution in [0.25, 0.3) is 0 Å². The molecule has 0 aliphatic heterocycles. The van der Waals surface area contributed by atoms with E-state index >= 15 is 0 Å². The van der Waals surface area contributed by atoms with Gasteiger partial charge in [-0.2, -0.15) is 0 Å². The van der Waals surface area contributed by atoms with Gasteiger partial charge in [0.05, 0.1) is 0 Å². The molecule has 0 heterocycles. The molecule has 0 aliphatic rings. The van der Waals surface area contributed by atoms with Gasteiger partial charge in [-0.05, 0) is 23.5 Å². The van der Waals surface area contributed by atoms with Crippen LogP contribution in [0.3, 0.4) is 0 Å². The van der Waals surface area contributed by atoms with Crippen LogP contribution in [0.1, 0.15) is 31.4 Å². The van der Waals surface area contributed by atoms with E-state index in [1.54, 1.807) is 4.90 Å². The van der Waals surface area contributed by atoms with E-state index in [9.17, 15) is 4.79 Å². The first kappa shape index (κ1) is 14.7. The molecule has 0 bridgehead atoms. The fourth-order valence-corrected chi connectivity index (χ4v) is 1.93. The summed E-state index contributed by atoms with van der Waals surface area (Å²) < 4.78 is 0. The van der Waals surface area contributed by atoms with Crippen molar-refractivity contribution in [2.24, 2.45) is 11.7 Å². The lowest BCUT2D eigenvalue weighted by Gasteiger charge is -2.17. The Morgan fingerprint density at radius 1 is 1.22 bits per heavy atom. The lowest BCUT2D eigenvalue weighted by atomic mass is 10.0. The molecule has 3 heteroatoms. The van der Waals surface area contributed by atoms with Crippen LogP contribution in [0.4, 0.5) is 0 Å². The predicted octanol–water partition coefficient (Wildman–Crippen LogP) is 2.19. The molecule has 18 heavy (non-hydrogen) atoms. The summed E-state index contributed by atoms with van der Waals surface area (Å²) in [7, 11) is 1.82. The maximum absolute atomic E-state index is 11.6. The molecule has 0 unspecified atom stereocenters. The number of rotatable bonds is 6. The summed E-state index contributed by atoms with van der Waals surface area (Å²) in [5.41, 5.74) is 7.89. The first-order valence-electron chi connectivity index (χ1n) is 6.54. The molecule has 2 N–H and O–H groups in total. The smallest absolute Gasteiger partial charge is 0.223 e. The molecule has 0 spiro atoms. The van der Waals surface area contributed by atoms with Crippen LogP contribution < -0.4 is 5.73 Å². The number of carbonyl (C=O) groups is 1. The minimum Gasteiger partial charge on any atom is -0.341 e. The van der Waals surface area contributed by atoms with Crippen molar-refractivity contribution in [3.05, 3.63) is 35.4 Å². The average molecular weight is 248 g/mol. The number of carbonyl (C=O) groups excluding carboxylic acids is 1. The van der Waals surface area contributed by atoms with Crippen molar-refractivity contribution in [3.8, 4) is 0 Å². The van der Waals surface area contributed by atoms with E-state index in [0.29, 0.717) is 25.4 Å². The molecule has 0 radical (unpaired) electrons. The predicted molar refractivity (Wildman–Crippen MR) is 75.1 cm³/mol. The molecule has 0 saturated heterocycles. The standard InChI is InChI=1S/C15H24N2O/c1-12(2)10-13-4-6-14(7-5-13)11-17(3)15(18)8-9-16/h4-7,12H,8-11,16H2,1-3H3. The Labute approximate surface area is 110 Å². The van der Waals surface area contributed by atoms with Gasteiger partial charge >= 0.3 is 0 Å². The maximum atomic E-state index is 11.6. The Morgan fingerprint density at radius 3 is 2.28 bits per heavy atom. The van der Waals surface area contributed by atoms with Gasteiger partial charge in [-0.1, -0.05) is 38.1 Å². The van der Waals surface area contributed by atoms with E-state index in [-0.39, 0.29) is 5.91 Å². The molecule has 0 saturated carbocycles. The van der Waals surface area contributed by atoms with Crippen molar-refractivity contribution in [1.82, 2.24) is 4.90 Å². The van der Waals surface area contributed by atoms with Crippen molar-refractivity contribution >= 4 is 5.91 Å². The van der Waals surface area contributed by atoms with Crippen LogP contribution in [0, 0.1) is 5.92 Å². The highest BCUT2D eigenvalue weighted by molar-refractivity contribution is 5.76. The van der Waals surface area contributed by atoms with Crippen LogP contribution in [0.2, 0.25) is 0 Å². The Balaban J connectivity index is 2.55. The zero-order chi connectivity index (χ0) is 13.5. The zero-order valence-electron chi connectivity index (χ0n) is 11.6. The third-order valence-corrected chi connectivity index (χ3v) is 2.87. The van der Waals surface area contributed by atoms with Crippen LogP contribution in [0.15, 0.2) is 24.3 Å². The summed E-state index contributed by atoms with van der Waals surface area (Å²) in [5, 5.41) is 0. The van der Waals surface area contributed by atoms with E-state index in [1.165, 1.54) is 5.56 Å². The van der Waals surface area contributed by atoms with Gasteiger partial charge in [0.2, 0.25) is 5.91 Å². The second-order valence-electron chi connectivity index (χ2n) is 5.20. The molecule has 0 aromatic heterocycles. The normalized spacial score (nSPS) is 10.7. The topological polar surface area (TPSA) is 46.3 Å². The number of amides is 1. The quantitative estimate of drug-likeness (QED) is 0.839. The summed E-state index contributed by atoms with van der Waals surface area (Å²) in [5.74, 6) is 0.772. The second kappa shape index (κ2) is 7.17. The Bertz CT molecular complexity index is 371. The van der Waals surface area contributed by atoms with E-state index in [0.717, 1.165) is 12.0 Å². The summed E-state index contributed by atoms with van der Waals surface area (Å²) in [6.07, 6.45) is 1.52. The fraction of sp³-hybridized carbons (Fsp3) is 0.533. The fourth-order valence-electron chi connectivity index (χ4n) is 1.93. The SMILES string of the molecule is CC(C)Cc1ccc(CN(C)C(=O)CCN)cc1. The van der Waals surface area contributed by atoms with E-state index in [2.05, 4.69) is 38.1 Å². The van der Waals surface area contributed by atoms with E-state index in [4.69, 9.17) is 5.73 Å². The molecular weight excluding hydrogens is 224 g/mol. The average Bonchev–Trinajstić information content (AvgIpc) is 2.31. The molecule has 0 atom stereocenters. The molecule has 1 amide bonds. The number of nitrogens with two attached hydrogens (primary N) is 1. The Hall–Kier alpha value is -1.35. The highest BCUT2D eigenvalue weighted by Gasteiger charge is 2.07. The molecule has 1 aromatic rings. The van der Waals surface area contributed by atoms with Crippen molar-refractivity contribution < 1.29 is 4.79 Å². The van der Waals surface area contributed by atoms with Gasteiger partial charge in [-0.25, -0.2) is 0 Å². The second-order valence-corrected chi connectivity index (χ2v) is 5.20. The molecule has 3 nitrogen and oxygen atoms in total. The first-order chi connectivity index (χ1) is 8.52. The summed E-state index contributed by atoms with van der Waals surface area (Å²) in [6.45, 7) is 5.50. The minimum atomic E-state index is 0.101. The lowest BCUT2D eigenvalue weighted by Crippen LogP contribution is -2.27. The summed E-state index contributed by atoms with van der Waals surface area (Å²) >= 11 is 0. The van der Waals surface area contributed by atoms with Gasteiger partial charge in [-0.3, -0.25) is 4.79 Å². The number of benzene rings is 1.